The van der Waals surface area contributed by atoms with E-state index >= 15 is 0 Å². The summed E-state index contributed by atoms with van der Waals surface area (Å²) >= 11 is 0. The second kappa shape index (κ2) is 4.99. The van der Waals surface area contributed by atoms with Gasteiger partial charge in [-0.05, 0) is 26.7 Å². The summed E-state index contributed by atoms with van der Waals surface area (Å²) in [5.41, 5.74) is 0. The molecule has 0 radical (unpaired) electrons. The Kier molecular flexibility index (Phi) is 4.24. The van der Waals surface area contributed by atoms with Gasteiger partial charge in [0.1, 0.15) is 0 Å². The van der Waals surface area contributed by atoms with E-state index in [9.17, 15) is 0 Å². The second-order valence-corrected chi connectivity index (χ2v) is 4.90. The van der Waals surface area contributed by atoms with Gasteiger partial charge in [0.15, 0.2) is 0 Å². The second-order valence-electron chi connectivity index (χ2n) is 4.90. The third-order valence-corrected chi connectivity index (χ3v) is 3.76. The molecule has 0 amide bonds. The van der Waals surface area contributed by atoms with Gasteiger partial charge < -0.3 is 4.48 Å². The summed E-state index contributed by atoms with van der Waals surface area (Å²) < 4.78 is 1.42. The lowest BCUT2D eigenvalue weighted by atomic mass is 10.2. The van der Waals surface area contributed by atoms with Crippen molar-refractivity contribution < 1.29 is 4.48 Å². The molecule has 0 aromatic carbocycles. The minimum atomic E-state index is 0.847. The fourth-order valence-electron chi connectivity index (χ4n) is 2.64. The highest BCUT2D eigenvalue weighted by molar-refractivity contribution is 4.58. The first-order chi connectivity index (χ1) is 6.21. The van der Waals surface area contributed by atoms with E-state index in [4.69, 9.17) is 0 Å². The zero-order valence-electron chi connectivity index (χ0n) is 9.68. The molecule has 0 spiro atoms. The van der Waals surface area contributed by atoms with E-state index in [0.29, 0.717) is 0 Å². The molecule has 78 valence electrons. The van der Waals surface area contributed by atoms with Crippen molar-refractivity contribution in [1.82, 2.24) is 0 Å². The summed E-state index contributed by atoms with van der Waals surface area (Å²) in [7, 11) is 0. The van der Waals surface area contributed by atoms with Gasteiger partial charge in [0, 0.05) is 12.8 Å². The third-order valence-electron chi connectivity index (χ3n) is 3.76. The lowest BCUT2D eigenvalue weighted by molar-refractivity contribution is -0.937. The lowest BCUT2D eigenvalue weighted by Crippen LogP contribution is -2.51. The molecular formula is C12H26N+. The molecule has 0 unspecified atom stereocenters. The number of unbranched alkanes of at least 4 members (excludes halogenated alkanes) is 2. The van der Waals surface area contributed by atoms with E-state index in [2.05, 4.69) is 20.8 Å². The normalized spacial score (nSPS) is 21.2. The summed E-state index contributed by atoms with van der Waals surface area (Å²) in [5.74, 6) is 0. The first-order valence-corrected chi connectivity index (χ1v) is 6.07. The first-order valence-electron chi connectivity index (χ1n) is 6.07. The van der Waals surface area contributed by atoms with Crippen LogP contribution < -0.4 is 0 Å². The smallest absolute Gasteiger partial charge is 0.0833 e. The first kappa shape index (κ1) is 11.0. The van der Waals surface area contributed by atoms with Crippen molar-refractivity contribution in [3.63, 3.8) is 0 Å². The fourth-order valence-corrected chi connectivity index (χ4v) is 2.64. The summed E-state index contributed by atoms with van der Waals surface area (Å²) in [6.45, 7) is 11.4. The molecule has 13 heavy (non-hydrogen) atoms. The molecule has 1 saturated heterocycles. The Balaban J connectivity index is 2.38. The van der Waals surface area contributed by atoms with Gasteiger partial charge in [-0.15, -0.1) is 0 Å². The molecular weight excluding hydrogens is 158 g/mol. The van der Waals surface area contributed by atoms with E-state index < -0.39 is 0 Å². The molecule has 1 heteroatoms. The predicted molar refractivity (Wildman–Crippen MR) is 58.8 cm³/mol. The molecule has 1 aliphatic rings. The van der Waals surface area contributed by atoms with E-state index in [1.807, 2.05) is 0 Å². The van der Waals surface area contributed by atoms with E-state index in [-0.39, 0.29) is 0 Å². The highest BCUT2D eigenvalue weighted by Crippen LogP contribution is 2.24. The Bertz CT molecular complexity index is 134. The molecule has 0 atom stereocenters. The van der Waals surface area contributed by atoms with Crippen molar-refractivity contribution in [3.05, 3.63) is 0 Å². The van der Waals surface area contributed by atoms with Gasteiger partial charge in [-0.1, -0.05) is 13.3 Å². The minimum absolute atomic E-state index is 0.847. The zero-order chi connectivity index (χ0) is 9.73. The van der Waals surface area contributed by atoms with Crippen LogP contribution in [-0.2, 0) is 0 Å². The summed E-state index contributed by atoms with van der Waals surface area (Å²) in [5, 5.41) is 0. The Labute approximate surface area is 83.7 Å². The Morgan fingerprint density at radius 1 is 1.08 bits per heavy atom. The molecule has 0 bridgehead atoms. The number of nitrogens with zero attached hydrogens (tertiary/aromatic N) is 1. The molecule has 0 N–H and O–H groups in total. The van der Waals surface area contributed by atoms with Crippen LogP contribution in [-0.4, -0.2) is 30.2 Å². The van der Waals surface area contributed by atoms with E-state index in [1.54, 1.807) is 0 Å². The highest BCUT2D eigenvalue weighted by atomic mass is 15.4. The van der Waals surface area contributed by atoms with Gasteiger partial charge in [-0.2, -0.15) is 0 Å². The van der Waals surface area contributed by atoms with Crippen LogP contribution >= 0.6 is 0 Å². The van der Waals surface area contributed by atoms with Crippen molar-refractivity contribution >= 4 is 0 Å². The van der Waals surface area contributed by atoms with Crippen molar-refractivity contribution in [2.24, 2.45) is 0 Å². The summed E-state index contributed by atoms with van der Waals surface area (Å²) in [4.78, 5) is 0. The number of likely N-dealkylation sites (tertiary alicyclic amines) is 1. The molecule has 1 nitrogen and oxygen atoms in total. The Morgan fingerprint density at radius 2 is 1.69 bits per heavy atom. The topological polar surface area (TPSA) is 0 Å². The largest absolute Gasteiger partial charge is 0.322 e. The van der Waals surface area contributed by atoms with Gasteiger partial charge in [0.25, 0.3) is 0 Å². The predicted octanol–water partition coefficient (Wildman–Crippen LogP) is 3.20. The average Bonchev–Trinajstić information content (AvgIpc) is 2.55. The molecule has 1 fully saturated rings. The third kappa shape index (κ3) is 2.70. The van der Waals surface area contributed by atoms with Gasteiger partial charge in [-0.3, -0.25) is 0 Å². The number of hydrogen-bond donors (Lipinski definition) is 0. The standard InChI is InChI=1S/C12H26N/c1-4-5-6-9-13(12(2)3)10-7-8-11-13/h12H,4-11H2,1-3H3/q+1. The Morgan fingerprint density at radius 3 is 2.15 bits per heavy atom. The van der Waals surface area contributed by atoms with E-state index in [0.717, 1.165) is 6.04 Å². The maximum atomic E-state index is 2.40. The molecule has 1 aliphatic heterocycles. The van der Waals surface area contributed by atoms with Gasteiger partial charge in [0.05, 0.1) is 25.7 Å². The Hall–Kier alpha value is -0.0400. The highest BCUT2D eigenvalue weighted by Gasteiger charge is 2.33. The van der Waals surface area contributed by atoms with Gasteiger partial charge >= 0.3 is 0 Å². The maximum Gasteiger partial charge on any atom is 0.0833 e. The van der Waals surface area contributed by atoms with Gasteiger partial charge in [0.2, 0.25) is 0 Å². The molecule has 0 aromatic rings. The van der Waals surface area contributed by atoms with Crippen molar-refractivity contribution in [1.29, 1.82) is 0 Å². The molecule has 0 aliphatic carbocycles. The van der Waals surface area contributed by atoms with Crippen LogP contribution in [0.15, 0.2) is 0 Å². The molecule has 1 heterocycles. The van der Waals surface area contributed by atoms with Crippen LogP contribution in [0, 0.1) is 0 Å². The van der Waals surface area contributed by atoms with Gasteiger partial charge in [-0.25, -0.2) is 0 Å². The lowest BCUT2D eigenvalue weighted by Gasteiger charge is -2.38. The fraction of sp³-hybridized carbons (Fsp3) is 1.00. The SMILES string of the molecule is CCCCC[N+]1(C(C)C)CCCC1. The number of rotatable bonds is 5. The van der Waals surface area contributed by atoms with Crippen LogP contribution in [0.4, 0.5) is 0 Å². The van der Waals surface area contributed by atoms with Crippen LogP contribution in [0.3, 0.4) is 0 Å². The van der Waals surface area contributed by atoms with Crippen molar-refractivity contribution in [2.45, 2.75) is 58.9 Å². The summed E-state index contributed by atoms with van der Waals surface area (Å²) in [6, 6.07) is 0.847. The van der Waals surface area contributed by atoms with Crippen LogP contribution in [0.1, 0.15) is 52.9 Å². The molecule has 1 rings (SSSR count). The minimum Gasteiger partial charge on any atom is -0.322 e. The monoisotopic (exact) mass is 184 g/mol. The van der Waals surface area contributed by atoms with Crippen LogP contribution in [0.25, 0.3) is 0 Å². The molecule has 0 aromatic heterocycles. The van der Waals surface area contributed by atoms with Crippen molar-refractivity contribution in [3.8, 4) is 0 Å². The summed E-state index contributed by atoms with van der Waals surface area (Å²) in [6.07, 6.45) is 7.15. The van der Waals surface area contributed by atoms with Crippen molar-refractivity contribution in [2.75, 3.05) is 19.6 Å². The quantitative estimate of drug-likeness (QED) is 0.455. The number of hydrogen-bond acceptors (Lipinski definition) is 0. The van der Waals surface area contributed by atoms with E-state index in [1.165, 1.54) is 56.2 Å². The maximum absolute atomic E-state index is 2.40. The van der Waals surface area contributed by atoms with Crippen LogP contribution in [0.5, 0.6) is 0 Å². The average molecular weight is 184 g/mol. The van der Waals surface area contributed by atoms with Crippen LogP contribution in [0.2, 0.25) is 0 Å². The number of quaternary nitrogens is 1. The zero-order valence-corrected chi connectivity index (χ0v) is 9.68. The molecule has 0 saturated carbocycles.